The van der Waals surface area contributed by atoms with Gasteiger partial charge in [0.25, 0.3) is 0 Å². The van der Waals surface area contributed by atoms with Crippen LogP contribution in [0.25, 0.3) is 0 Å². The van der Waals surface area contributed by atoms with Crippen molar-refractivity contribution in [2.45, 2.75) is 206 Å². The number of rotatable bonds is 41. The largest absolute Gasteiger partial charge is 0.480 e. The van der Waals surface area contributed by atoms with Crippen molar-refractivity contribution in [3.05, 3.63) is 36.5 Å². The topological polar surface area (TPSA) is 172 Å². The average molecular weight is 814 g/mol. The maximum absolute atomic E-state index is 12.6. The molecule has 0 spiro atoms. The second kappa shape index (κ2) is 39.5. The highest BCUT2D eigenvalue weighted by Gasteiger charge is 2.28. The molecule has 326 valence electrons. The van der Waals surface area contributed by atoms with E-state index in [0.717, 1.165) is 51.4 Å². The van der Waals surface area contributed by atoms with Crippen LogP contribution in [-0.4, -0.2) is 59.9 Å². The number of hydrogen-bond donors (Lipinski definition) is 3. The number of esters is 2. The Morgan fingerprint density at radius 2 is 0.982 bits per heavy atom. The molecule has 56 heavy (non-hydrogen) atoms. The molecule has 0 aliphatic carbocycles. The molecule has 0 rings (SSSR count). The third-order valence-electron chi connectivity index (χ3n) is 9.37. The van der Waals surface area contributed by atoms with Gasteiger partial charge < -0.3 is 25.2 Å². The van der Waals surface area contributed by atoms with E-state index in [9.17, 15) is 23.8 Å². The first-order valence-electron chi connectivity index (χ1n) is 22.0. The quantitative estimate of drug-likeness (QED) is 0.0232. The van der Waals surface area contributed by atoms with Crippen LogP contribution in [0.15, 0.2) is 36.5 Å². The average Bonchev–Trinajstić information content (AvgIpc) is 3.17. The number of phosphoric ester groups is 1. The Bertz CT molecular complexity index is 1100. The van der Waals surface area contributed by atoms with E-state index >= 15 is 0 Å². The van der Waals surface area contributed by atoms with E-state index < -0.39 is 51.1 Å². The highest BCUT2D eigenvalue weighted by molar-refractivity contribution is 7.47. The van der Waals surface area contributed by atoms with Crippen molar-refractivity contribution in [1.29, 1.82) is 0 Å². The van der Waals surface area contributed by atoms with Gasteiger partial charge in [0, 0.05) is 12.8 Å². The van der Waals surface area contributed by atoms with Crippen molar-refractivity contribution in [3.8, 4) is 0 Å². The predicted octanol–water partition coefficient (Wildman–Crippen LogP) is 11.6. The lowest BCUT2D eigenvalue weighted by atomic mass is 10.1. The SMILES string of the molecule is CCCCC/C=C/C/C=C/CCCCCCCCCC(=O)O[C@H](COC(=O)CC/C=C/CCCCCCCCCCCCC)COP(=O)(O)OC[C@H](N)C(=O)O. The molecular weight excluding hydrogens is 733 g/mol. The van der Waals surface area contributed by atoms with Crippen LogP contribution in [0.5, 0.6) is 0 Å². The highest BCUT2D eigenvalue weighted by atomic mass is 31.2. The van der Waals surface area contributed by atoms with Crippen molar-refractivity contribution in [3.63, 3.8) is 0 Å². The number of carbonyl (C=O) groups is 3. The second-order valence-corrected chi connectivity index (χ2v) is 16.3. The van der Waals surface area contributed by atoms with E-state index in [1.54, 1.807) is 0 Å². The van der Waals surface area contributed by atoms with E-state index in [2.05, 4.69) is 48.8 Å². The summed E-state index contributed by atoms with van der Waals surface area (Å²) in [5.41, 5.74) is 5.33. The third kappa shape index (κ3) is 38.6. The summed E-state index contributed by atoms with van der Waals surface area (Å²) in [7, 11) is -4.72. The third-order valence-corrected chi connectivity index (χ3v) is 10.3. The van der Waals surface area contributed by atoms with Crippen molar-refractivity contribution >= 4 is 25.7 Å². The molecule has 11 nitrogen and oxygen atoms in total. The predicted molar refractivity (Wildman–Crippen MR) is 226 cm³/mol. The number of carboxylic acid groups (broad SMARTS) is 1. The number of phosphoric acid groups is 1. The maximum Gasteiger partial charge on any atom is 0.472 e. The van der Waals surface area contributed by atoms with E-state index in [0.29, 0.717) is 12.8 Å². The van der Waals surface area contributed by atoms with Gasteiger partial charge in [0.05, 0.1) is 13.2 Å². The van der Waals surface area contributed by atoms with Crippen LogP contribution < -0.4 is 5.73 Å². The number of carbonyl (C=O) groups excluding carboxylic acids is 2. The molecule has 0 aliphatic heterocycles. The number of hydrogen-bond acceptors (Lipinski definition) is 9. The lowest BCUT2D eigenvalue weighted by molar-refractivity contribution is -0.161. The second-order valence-electron chi connectivity index (χ2n) is 14.8. The van der Waals surface area contributed by atoms with Gasteiger partial charge in [-0.25, -0.2) is 4.57 Å². The van der Waals surface area contributed by atoms with Gasteiger partial charge in [-0.3, -0.25) is 23.4 Å². The van der Waals surface area contributed by atoms with Gasteiger partial charge in [0.1, 0.15) is 12.6 Å². The number of aliphatic carboxylic acids is 1. The molecule has 0 bridgehead atoms. The first kappa shape index (κ1) is 53.7. The first-order chi connectivity index (χ1) is 27.1. The van der Waals surface area contributed by atoms with E-state index in [4.69, 9.17) is 24.8 Å². The fourth-order valence-corrected chi connectivity index (χ4v) is 6.66. The molecule has 1 unspecified atom stereocenters. The van der Waals surface area contributed by atoms with Crippen molar-refractivity contribution < 1.29 is 47.5 Å². The first-order valence-corrected chi connectivity index (χ1v) is 23.5. The van der Waals surface area contributed by atoms with Gasteiger partial charge >= 0.3 is 25.7 Å². The van der Waals surface area contributed by atoms with Crippen LogP contribution in [0.1, 0.15) is 194 Å². The van der Waals surface area contributed by atoms with E-state index in [1.807, 2.05) is 6.08 Å². The number of unbranched alkanes of at least 4 members (excludes halogenated alkanes) is 21. The fraction of sp³-hybridized carbons (Fsp3) is 0.795. The molecule has 0 fully saturated rings. The summed E-state index contributed by atoms with van der Waals surface area (Å²) in [6, 6.07) is -1.53. The Kier molecular flexibility index (Phi) is 37.9. The maximum atomic E-state index is 12.6. The molecule has 3 atom stereocenters. The van der Waals surface area contributed by atoms with Gasteiger partial charge in [0.15, 0.2) is 6.10 Å². The Labute approximate surface area is 340 Å². The van der Waals surface area contributed by atoms with Crippen LogP contribution in [0.3, 0.4) is 0 Å². The molecule has 0 radical (unpaired) electrons. The molecule has 0 aliphatic rings. The normalized spacial score (nSPS) is 14.1. The lowest BCUT2D eigenvalue weighted by Crippen LogP contribution is -2.34. The standard InChI is InChI=1S/C44H80NO10P/c1-3-5-7-9-11-13-15-17-19-20-22-24-26-28-30-32-34-36-43(47)55-40(38-53-56(50,51)54-39-41(45)44(48)49)37-52-42(46)35-33-31-29-27-25-23-21-18-16-14-12-10-8-6-4-2/h11,13,17,19,29,31,40-41H,3-10,12,14-16,18,20-28,30,32-39,45H2,1-2H3,(H,48,49)(H,50,51)/b13-11+,19-17+,31-29+/t40-,41+/m1/s1. The van der Waals surface area contributed by atoms with Gasteiger partial charge in [-0.2, -0.15) is 0 Å². The summed E-state index contributed by atoms with van der Waals surface area (Å²) >= 11 is 0. The number of carboxylic acids is 1. The molecule has 12 heteroatoms. The van der Waals surface area contributed by atoms with Gasteiger partial charge in [-0.1, -0.05) is 159 Å². The van der Waals surface area contributed by atoms with Crippen LogP contribution in [0, 0.1) is 0 Å². The summed E-state index contributed by atoms with van der Waals surface area (Å²) in [5, 5.41) is 8.89. The Hall–Kier alpha value is -2.30. The minimum Gasteiger partial charge on any atom is -0.480 e. The molecule has 4 N–H and O–H groups in total. The van der Waals surface area contributed by atoms with Crippen molar-refractivity contribution in [2.75, 3.05) is 19.8 Å². The van der Waals surface area contributed by atoms with Crippen LogP contribution in [0.2, 0.25) is 0 Å². The Balaban J connectivity index is 4.40. The van der Waals surface area contributed by atoms with Crippen LogP contribution in [0.4, 0.5) is 0 Å². The molecule has 0 aromatic rings. The van der Waals surface area contributed by atoms with E-state index in [-0.39, 0.29) is 19.4 Å². The molecule has 0 heterocycles. The zero-order valence-corrected chi connectivity index (χ0v) is 36.1. The Morgan fingerprint density at radius 3 is 1.52 bits per heavy atom. The van der Waals surface area contributed by atoms with Gasteiger partial charge in [-0.05, 0) is 57.8 Å². The summed E-state index contributed by atoms with van der Waals surface area (Å²) in [5.74, 6) is -2.45. The van der Waals surface area contributed by atoms with Crippen molar-refractivity contribution in [2.24, 2.45) is 5.73 Å². The van der Waals surface area contributed by atoms with Gasteiger partial charge in [0.2, 0.25) is 0 Å². The van der Waals surface area contributed by atoms with Crippen LogP contribution in [-0.2, 0) is 37.5 Å². The summed E-state index contributed by atoms with van der Waals surface area (Å²) in [6.07, 6.45) is 42.2. The number of allylic oxidation sites excluding steroid dienone is 6. The molecule has 0 saturated carbocycles. The molecular formula is C44H80NO10P. The van der Waals surface area contributed by atoms with Crippen molar-refractivity contribution in [1.82, 2.24) is 0 Å². The van der Waals surface area contributed by atoms with Gasteiger partial charge in [-0.15, -0.1) is 0 Å². The summed E-state index contributed by atoms with van der Waals surface area (Å²) < 4.78 is 32.6. The minimum absolute atomic E-state index is 0.137. The Morgan fingerprint density at radius 1 is 0.554 bits per heavy atom. The van der Waals surface area contributed by atoms with E-state index in [1.165, 1.54) is 103 Å². The highest BCUT2D eigenvalue weighted by Crippen LogP contribution is 2.43. The monoisotopic (exact) mass is 814 g/mol. The molecule has 0 aromatic heterocycles. The number of nitrogens with two attached hydrogens (primary N) is 1. The summed E-state index contributed by atoms with van der Waals surface area (Å²) in [4.78, 5) is 45.9. The zero-order chi connectivity index (χ0) is 41.4. The minimum atomic E-state index is -4.72. The molecule has 0 amide bonds. The molecule has 0 aromatic carbocycles. The smallest absolute Gasteiger partial charge is 0.472 e. The molecule has 0 saturated heterocycles. The number of ether oxygens (including phenoxy) is 2. The summed E-state index contributed by atoms with van der Waals surface area (Å²) in [6.45, 7) is 2.74. The fourth-order valence-electron chi connectivity index (χ4n) is 5.88. The zero-order valence-electron chi connectivity index (χ0n) is 35.2. The lowest BCUT2D eigenvalue weighted by Gasteiger charge is -2.20. The van der Waals surface area contributed by atoms with Crippen LogP contribution >= 0.6 is 7.82 Å².